The monoisotopic (exact) mass is 414 g/mol. The second-order valence-corrected chi connectivity index (χ2v) is 8.38. The van der Waals surface area contributed by atoms with Crippen molar-refractivity contribution in [3.63, 3.8) is 0 Å². The molecule has 0 bridgehead atoms. The number of hydrogen-bond donors (Lipinski definition) is 1. The van der Waals surface area contributed by atoms with E-state index in [0.29, 0.717) is 17.2 Å². The number of hydrogen-bond acceptors (Lipinski definition) is 4. The fourth-order valence-corrected chi connectivity index (χ4v) is 3.84. The van der Waals surface area contributed by atoms with Crippen molar-refractivity contribution in [2.75, 3.05) is 36.4 Å². The van der Waals surface area contributed by atoms with Gasteiger partial charge in [0.05, 0.1) is 11.9 Å². The van der Waals surface area contributed by atoms with Crippen LogP contribution in [-0.2, 0) is 6.54 Å². The molecule has 1 aromatic heterocycles. The number of nitrogens with zero attached hydrogens (tertiary/aromatic N) is 3. The number of piperazine rings is 1. The molecule has 1 amide bonds. The van der Waals surface area contributed by atoms with E-state index >= 15 is 0 Å². The molecule has 2 heterocycles. The van der Waals surface area contributed by atoms with Gasteiger partial charge in [-0.3, -0.25) is 9.69 Å². The predicted octanol–water partition coefficient (Wildman–Crippen LogP) is 4.78. The molecule has 1 fully saturated rings. The summed E-state index contributed by atoms with van der Waals surface area (Å²) in [6.45, 7) is 9.38. The maximum atomic E-state index is 12.3. The quantitative estimate of drug-likeness (QED) is 0.631. The van der Waals surface area contributed by atoms with E-state index in [2.05, 4.69) is 58.2 Å². The molecule has 1 N–H and O–H groups in total. The van der Waals surface area contributed by atoms with E-state index < -0.39 is 0 Å². The van der Waals surface area contributed by atoms with Gasteiger partial charge < -0.3 is 10.2 Å². The van der Waals surface area contributed by atoms with Gasteiger partial charge in [0, 0.05) is 38.3 Å². The normalized spacial score (nSPS) is 14.6. The van der Waals surface area contributed by atoms with Crippen molar-refractivity contribution in [2.24, 2.45) is 0 Å². The van der Waals surface area contributed by atoms with Crippen LogP contribution in [0.4, 0.5) is 11.5 Å². The second-order valence-electron chi connectivity index (χ2n) is 8.38. The first-order valence-corrected chi connectivity index (χ1v) is 11.0. The molecule has 31 heavy (non-hydrogen) atoms. The van der Waals surface area contributed by atoms with E-state index in [-0.39, 0.29) is 5.91 Å². The van der Waals surface area contributed by atoms with Crippen molar-refractivity contribution in [3.05, 3.63) is 89.6 Å². The third-order valence-corrected chi connectivity index (χ3v) is 5.79. The van der Waals surface area contributed by atoms with Gasteiger partial charge in [-0.05, 0) is 41.3 Å². The molecule has 0 atom stereocenters. The van der Waals surface area contributed by atoms with Gasteiger partial charge >= 0.3 is 0 Å². The molecule has 4 rings (SSSR count). The summed E-state index contributed by atoms with van der Waals surface area (Å²) in [5.74, 6) is 1.41. The fraction of sp³-hybridized carbons (Fsp3) is 0.308. The third-order valence-electron chi connectivity index (χ3n) is 5.79. The van der Waals surface area contributed by atoms with E-state index in [9.17, 15) is 4.79 Å². The van der Waals surface area contributed by atoms with Gasteiger partial charge in [-0.2, -0.15) is 0 Å². The fourth-order valence-electron chi connectivity index (χ4n) is 3.84. The van der Waals surface area contributed by atoms with E-state index in [0.717, 1.165) is 38.5 Å². The van der Waals surface area contributed by atoms with Gasteiger partial charge in [0.15, 0.2) is 0 Å². The van der Waals surface area contributed by atoms with Crippen LogP contribution in [0.15, 0.2) is 72.9 Å². The Morgan fingerprint density at radius 3 is 2.26 bits per heavy atom. The van der Waals surface area contributed by atoms with Crippen molar-refractivity contribution in [2.45, 2.75) is 26.3 Å². The Bertz CT molecular complexity index is 976. The minimum Gasteiger partial charge on any atom is -0.354 e. The number of amides is 1. The summed E-state index contributed by atoms with van der Waals surface area (Å²) in [4.78, 5) is 21.7. The van der Waals surface area contributed by atoms with E-state index in [1.165, 1.54) is 11.1 Å². The van der Waals surface area contributed by atoms with Gasteiger partial charge in [0.1, 0.15) is 5.82 Å². The van der Waals surface area contributed by atoms with Crippen LogP contribution in [0.5, 0.6) is 0 Å². The average molecular weight is 415 g/mol. The third kappa shape index (κ3) is 5.50. The highest BCUT2D eigenvalue weighted by Gasteiger charge is 2.18. The lowest BCUT2D eigenvalue weighted by Gasteiger charge is -2.35. The van der Waals surface area contributed by atoms with Crippen molar-refractivity contribution < 1.29 is 4.79 Å². The van der Waals surface area contributed by atoms with Crippen LogP contribution in [0, 0.1) is 0 Å². The first-order chi connectivity index (χ1) is 15.1. The zero-order valence-electron chi connectivity index (χ0n) is 18.3. The molecule has 0 radical (unpaired) electrons. The van der Waals surface area contributed by atoms with Gasteiger partial charge in [-0.1, -0.05) is 56.3 Å². The van der Waals surface area contributed by atoms with Gasteiger partial charge in [-0.25, -0.2) is 4.98 Å². The second kappa shape index (κ2) is 9.75. The van der Waals surface area contributed by atoms with Crippen LogP contribution in [0.2, 0.25) is 0 Å². The zero-order chi connectivity index (χ0) is 21.6. The lowest BCUT2D eigenvalue weighted by atomic mass is 10.0. The molecule has 1 aliphatic rings. The van der Waals surface area contributed by atoms with Crippen molar-refractivity contribution in [3.8, 4) is 0 Å². The Morgan fingerprint density at radius 1 is 0.935 bits per heavy atom. The highest BCUT2D eigenvalue weighted by molar-refractivity contribution is 6.04. The van der Waals surface area contributed by atoms with Crippen LogP contribution >= 0.6 is 0 Å². The molecule has 1 saturated heterocycles. The van der Waals surface area contributed by atoms with Crippen molar-refractivity contribution >= 4 is 17.4 Å². The van der Waals surface area contributed by atoms with Crippen LogP contribution in [-0.4, -0.2) is 42.0 Å². The molecule has 0 saturated carbocycles. The Balaban J connectivity index is 1.28. The Hall–Kier alpha value is -3.18. The van der Waals surface area contributed by atoms with E-state index in [1.54, 1.807) is 18.3 Å². The zero-order valence-corrected chi connectivity index (χ0v) is 18.3. The molecule has 5 heteroatoms. The number of rotatable bonds is 6. The molecule has 0 spiro atoms. The topological polar surface area (TPSA) is 48.5 Å². The molecule has 1 aliphatic heterocycles. The maximum Gasteiger partial charge on any atom is 0.255 e. The molecule has 2 aromatic carbocycles. The molecule has 160 valence electrons. The maximum absolute atomic E-state index is 12.3. The summed E-state index contributed by atoms with van der Waals surface area (Å²) < 4.78 is 0. The highest BCUT2D eigenvalue weighted by atomic mass is 16.1. The largest absolute Gasteiger partial charge is 0.354 e. The number of carbonyl (C=O) groups excluding carboxylic acids is 1. The Labute approximate surface area is 184 Å². The summed E-state index contributed by atoms with van der Waals surface area (Å²) in [5.41, 5.74) is 4.11. The van der Waals surface area contributed by atoms with Gasteiger partial charge in [0.25, 0.3) is 5.91 Å². The average Bonchev–Trinajstić information content (AvgIpc) is 2.81. The predicted molar refractivity (Wildman–Crippen MR) is 127 cm³/mol. The number of carbonyl (C=O) groups is 1. The van der Waals surface area contributed by atoms with E-state index in [1.807, 2.05) is 30.3 Å². The summed E-state index contributed by atoms with van der Waals surface area (Å²) in [5, 5.41) is 2.91. The summed E-state index contributed by atoms with van der Waals surface area (Å²) >= 11 is 0. The van der Waals surface area contributed by atoms with Crippen LogP contribution < -0.4 is 10.2 Å². The first-order valence-electron chi connectivity index (χ1n) is 11.0. The first kappa shape index (κ1) is 21.1. The van der Waals surface area contributed by atoms with Crippen LogP contribution in [0.1, 0.15) is 41.3 Å². The lowest BCUT2D eigenvalue weighted by molar-refractivity contribution is 0.102. The summed E-state index contributed by atoms with van der Waals surface area (Å²) in [6.07, 6.45) is 1.73. The molecular weight excluding hydrogens is 384 g/mol. The molecule has 0 aliphatic carbocycles. The summed E-state index contributed by atoms with van der Waals surface area (Å²) in [7, 11) is 0. The Kier molecular flexibility index (Phi) is 6.63. The number of aromatic nitrogens is 1. The van der Waals surface area contributed by atoms with Gasteiger partial charge in [0.2, 0.25) is 0 Å². The standard InChI is InChI=1S/C26H30N4O/c1-20(2)22-10-8-21(9-11-22)19-29-14-16-30(17-15-29)25-13-12-24(18-27-25)28-26(31)23-6-4-3-5-7-23/h3-13,18,20H,14-17,19H2,1-2H3,(H,28,31). The molecule has 3 aromatic rings. The Morgan fingerprint density at radius 2 is 1.65 bits per heavy atom. The molecular formula is C26H30N4O. The minimum absolute atomic E-state index is 0.120. The van der Waals surface area contributed by atoms with E-state index in [4.69, 9.17) is 0 Å². The highest BCUT2D eigenvalue weighted by Crippen LogP contribution is 2.19. The number of benzene rings is 2. The number of nitrogens with one attached hydrogen (secondary N) is 1. The number of anilines is 2. The molecule has 0 unspecified atom stereocenters. The number of pyridine rings is 1. The van der Waals surface area contributed by atoms with Crippen LogP contribution in [0.3, 0.4) is 0 Å². The lowest BCUT2D eigenvalue weighted by Crippen LogP contribution is -2.46. The van der Waals surface area contributed by atoms with Crippen LogP contribution in [0.25, 0.3) is 0 Å². The van der Waals surface area contributed by atoms with Crippen molar-refractivity contribution in [1.29, 1.82) is 0 Å². The minimum atomic E-state index is -0.120. The SMILES string of the molecule is CC(C)c1ccc(CN2CCN(c3ccc(NC(=O)c4ccccc4)cn3)CC2)cc1. The summed E-state index contributed by atoms with van der Waals surface area (Å²) in [6, 6.07) is 22.1. The smallest absolute Gasteiger partial charge is 0.255 e. The van der Waals surface area contributed by atoms with Gasteiger partial charge in [-0.15, -0.1) is 0 Å². The van der Waals surface area contributed by atoms with Crippen molar-refractivity contribution in [1.82, 2.24) is 9.88 Å². The molecule has 5 nitrogen and oxygen atoms in total.